The molecular formula is C28H48N2O20. The maximum atomic E-state index is 12.1. The molecule has 20 unspecified atom stereocenters. The molecule has 0 aliphatic carbocycles. The molecule has 4 fully saturated rings. The van der Waals surface area contributed by atoms with E-state index in [9.17, 15) is 65.8 Å². The van der Waals surface area contributed by atoms with Crippen molar-refractivity contribution in [3.05, 3.63) is 0 Å². The van der Waals surface area contributed by atoms with Gasteiger partial charge in [0.1, 0.15) is 91.4 Å². The fourth-order valence-electron chi connectivity index (χ4n) is 6.17. The Morgan fingerprint density at radius 3 is 1.68 bits per heavy atom. The third kappa shape index (κ3) is 8.87. The van der Waals surface area contributed by atoms with Crippen LogP contribution in [0, 0.1) is 0 Å². The Morgan fingerprint density at radius 1 is 0.560 bits per heavy atom. The van der Waals surface area contributed by atoms with Crippen molar-refractivity contribution in [2.75, 3.05) is 19.8 Å². The van der Waals surface area contributed by atoms with E-state index in [-0.39, 0.29) is 0 Å². The van der Waals surface area contributed by atoms with Gasteiger partial charge in [-0.25, -0.2) is 0 Å². The average Bonchev–Trinajstić information content (AvgIpc) is 3.06. The Labute approximate surface area is 285 Å². The van der Waals surface area contributed by atoms with Crippen LogP contribution in [0.25, 0.3) is 0 Å². The summed E-state index contributed by atoms with van der Waals surface area (Å²) >= 11 is 0. The zero-order chi connectivity index (χ0) is 37.2. The lowest BCUT2D eigenvalue weighted by Crippen LogP contribution is -2.69. The summed E-state index contributed by atoms with van der Waals surface area (Å²) in [4.78, 5) is 23.9. The van der Waals surface area contributed by atoms with Crippen LogP contribution in [0.4, 0.5) is 0 Å². The first kappa shape index (κ1) is 41.0. The molecule has 290 valence electrons. The molecule has 0 radical (unpaired) electrons. The van der Waals surface area contributed by atoms with E-state index in [1.807, 2.05) is 0 Å². The lowest BCUT2D eigenvalue weighted by atomic mass is 9.95. The maximum absolute atomic E-state index is 12.1. The van der Waals surface area contributed by atoms with Gasteiger partial charge in [-0.05, 0) is 6.92 Å². The fourth-order valence-corrected chi connectivity index (χ4v) is 6.17. The second-order valence-corrected chi connectivity index (χ2v) is 12.6. The van der Waals surface area contributed by atoms with Crippen molar-refractivity contribution < 1.29 is 98.9 Å². The van der Waals surface area contributed by atoms with E-state index >= 15 is 0 Å². The van der Waals surface area contributed by atoms with Gasteiger partial charge < -0.3 is 100.0 Å². The van der Waals surface area contributed by atoms with Crippen molar-refractivity contribution in [1.29, 1.82) is 0 Å². The Kier molecular flexibility index (Phi) is 14.2. The predicted octanol–water partition coefficient (Wildman–Crippen LogP) is -8.43. The standard InChI is InChI=1S/C28H48N2O20/c1-7-15(35)20(40)22(42)27(45-7)50-24-21(41)17(37)11(5-32)48-28(24)49-23-14(30-9(3)34)25(43)46-12(18(23)38)6-44-26-13(29-8(2)33)19(39)16(36)10(4-31)47-26/h7,10-28,31-32,35-43H,4-6H2,1-3H3,(H,29,33)(H,30,34). The molecule has 2 amide bonds. The molecule has 4 rings (SSSR count). The molecule has 0 aromatic heterocycles. The van der Waals surface area contributed by atoms with Gasteiger partial charge in [0.05, 0.1) is 25.9 Å². The number of hydrogen-bond donors (Lipinski definition) is 13. The quantitative estimate of drug-likeness (QED) is 0.0938. The highest BCUT2D eigenvalue weighted by molar-refractivity contribution is 5.73. The summed E-state index contributed by atoms with van der Waals surface area (Å²) in [6, 6.07) is -2.92. The molecule has 0 spiro atoms. The van der Waals surface area contributed by atoms with Crippen LogP contribution in [-0.2, 0) is 42.7 Å². The summed E-state index contributed by atoms with van der Waals surface area (Å²) in [5, 5.41) is 120. The molecule has 0 saturated carbocycles. The summed E-state index contributed by atoms with van der Waals surface area (Å²) in [5.74, 6) is -1.35. The van der Waals surface area contributed by atoms with Gasteiger partial charge in [-0.15, -0.1) is 0 Å². The number of hydrogen-bond acceptors (Lipinski definition) is 20. The molecule has 13 N–H and O–H groups in total. The smallest absolute Gasteiger partial charge is 0.217 e. The number of aliphatic hydroxyl groups is 11. The highest BCUT2D eigenvalue weighted by atomic mass is 16.8. The summed E-state index contributed by atoms with van der Waals surface area (Å²) < 4.78 is 39.4. The van der Waals surface area contributed by atoms with Gasteiger partial charge in [0.25, 0.3) is 0 Å². The van der Waals surface area contributed by atoms with Crippen LogP contribution < -0.4 is 10.6 Å². The summed E-state index contributed by atoms with van der Waals surface area (Å²) in [6.45, 7) is 1.29. The molecule has 4 aliphatic heterocycles. The van der Waals surface area contributed by atoms with E-state index in [0.717, 1.165) is 13.8 Å². The number of carbonyl (C=O) groups is 2. The van der Waals surface area contributed by atoms with Crippen LogP contribution in [0.3, 0.4) is 0 Å². The van der Waals surface area contributed by atoms with Crippen molar-refractivity contribution in [2.45, 2.75) is 143 Å². The highest BCUT2D eigenvalue weighted by Crippen LogP contribution is 2.33. The van der Waals surface area contributed by atoms with Crippen LogP contribution >= 0.6 is 0 Å². The molecule has 0 aromatic carbocycles. The van der Waals surface area contributed by atoms with Gasteiger partial charge in [-0.2, -0.15) is 0 Å². The average molecular weight is 733 g/mol. The van der Waals surface area contributed by atoms with E-state index in [1.54, 1.807) is 0 Å². The summed E-state index contributed by atoms with van der Waals surface area (Å²) in [5.41, 5.74) is 0. The van der Waals surface area contributed by atoms with Gasteiger partial charge >= 0.3 is 0 Å². The van der Waals surface area contributed by atoms with Crippen LogP contribution in [-0.4, -0.2) is 211 Å². The van der Waals surface area contributed by atoms with Gasteiger partial charge in [0.2, 0.25) is 11.8 Å². The molecule has 22 heteroatoms. The molecule has 50 heavy (non-hydrogen) atoms. The monoisotopic (exact) mass is 732 g/mol. The van der Waals surface area contributed by atoms with E-state index in [2.05, 4.69) is 10.6 Å². The molecule has 4 saturated heterocycles. The minimum absolute atomic E-state index is 0.638. The first-order valence-corrected chi connectivity index (χ1v) is 15.9. The topological polar surface area (TPSA) is 345 Å². The second-order valence-electron chi connectivity index (χ2n) is 12.6. The van der Waals surface area contributed by atoms with Gasteiger partial charge in [0.15, 0.2) is 25.2 Å². The largest absolute Gasteiger partial charge is 0.394 e. The van der Waals surface area contributed by atoms with Gasteiger partial charge in [-0.1, -0.05) is 0 Å². The van der Waals surface area contributed by atoms with Crippen molar-refractivity contribution in [3.63, 3.8) is 0 Å². The van der Waals surface area contributed by atoms with Gasteiger partial charge in [-0.3, -0.25) is 9.59 Å². The number of rotatable bonds is 11. The third-order valence-corrected chi connectivity index (χ3v) is 8.95. The summed E-state index contributed by atoms with van der Waals surface area (Å²) in [7, 11) is 0. The van der Waals surface area contributed by atoms with Crippen molar-refractivity contribution >= 4 is 11.8 Å². The number of amides is 2. The lowest BCUT2D eigenvalue weighted by Gasteiger charge is -2.49. The zero-order valence-corrected chi connectivity index (χ0v) is 27.3. The first-order valence-electron chi connectivity index (χ1n) is 15.9. The number of nitrogens with one attached hydrogen (secondary N) is 2. The molecule has 20 atom stereocenters. The van der Waals surface area contributed by atoms with Crippen molar-refractivity contribution in [3.8, 4) is 0 Å². The second kappa shape index (κ2) is 17.4. The maximum Gasteiger partial charge on any atom is 0.217 e. The highest BCUT2D eigenvalue weighted by Gasteiger charge is 2.54. The SMILES string of the molecule is CC(=O)NC1C(OCC2OC(O)C(NC(C)=O)C(OC3OC(CO)C(O)C(O)C3OC3OC(C)C(O)C(O)C3O)C2O)OC(CO)C(O)C1O. The minimum atomic E-state index is -1.93. The first-order chi connectivity index (χ1) is 23.5. The van der Waals surface area contributed by atoms with Crippen molar-refractivity contribution in [2.24, 2.45) is 0 Å². The molecule has 0 aromatic rings. The molecular weight excluding hydrogens is 684 g/mol. The Bertz CT molecular complexity index is 1130. The Balaban J connectivity index is 1.58. The third-order valence-electron chi connectivity index (χ3n) is 8.95. The molecule has 0 bridgehead atoms. The fraction of sp³-hybridized carbons (Fsp3) is 0.929. The van der Waals surface area contributed by atoms with Crippen LogP contribution in [0.2, 0.25) is 0 Å². The van der Waals surface area contributed by atoms with E-state index in [1.165, 1.54) is 6.92 Å². The lowest BCUT2D eigenvalue weighted by molar-refractivity contribution is -0.381. The van der Waals surface area contributed by atoms with Gasteiger partial charge in [0, 0.05) is 13.8 Å². The van der Waals surface area contributed by atoms with E-state index in [4.69, 9.17) is 33.2 Å². The van der Waals surface area contributed by atoms with Crippen LogP contribution in [0.5, 0.6) is 0 Å². The normalized spacial score (nSPS) is 48.5. The molecule has 4 heterocycles. The number of ether oxygens (including phenoxy) is 7. The van der Waals surface area contributed by atoms with E-state index < -0.39 is 154 Å². The Hall–Kier alpha value is -1.78. The van der Waals surface area contributed by atoms with E-state index in [0.29, 0.717) is 0 Å². The molecule has 22 nitrogen and oxygen atoms in total. The number of aliphatic hydroxyl groups excluding tert-OH is 11. The number of carbonyl (C=O) groups excluding carboxylic acids is 2. The van der Waals surface area contributed by atoms with Crippen LogP contribution in [0.1, 0.15) is 20.8 Å². The van der Waals surface area contributed by atoms with Crippen molar-refractivity contribution in [1.82, 2.24) is 10.6 Å². The van der Waals surface area contributed by atoms with Crippen LogP contribution in [0.15, 0.2) is 0 Å². The minimum Gasteiger partial charge on any atom is -0.394 e. The zero-order valence-electron chi connectivity index (χ0n) is 27.3. The predicted molar refractivity (Wildman–Crippen MR) is 156 cm³/mol. The summed E-state index contributed by atoms with van der Waals surface area (Å²) in [6.07, 6.45) is -30.1. The Morgan fingerprint density at radius 2 is 1.10 bits per heavy atom. The molecule has 4 aliphatic rings.